The van der Waals surface area contributed by atoms with Gasteiger partial charge in [-0.05, 0) is 42.0 Å². The van der Waals surface area contributed by atoms with Gasteiger partial charge in [-0.3, -0.25) is 4.79 Å². The number of amides is 1. The number of halogens is 1. The summed E-state index contributed by atoms with van der Waals surface area (Å²) in [5.41, 5.74) is 1.44. The second-order valence-electron chi connectivity index (χ2n) is 4.66. The molecule has 0 saturated carbocycles. The topological polar surface area (TPSA) is 62.1 Å². The van der Waals surface area contributed by atoms with Gasteiger partial charge in [-0.15, -0.1) is 0 Å². The molecule has 2 aromatic rings. The fourth-order valence-corrected chi connectivity index (χ4v) is 1.93. The number of rotatable bonds is 6. The molecular weight excluding hydrogens is 312 g/mol. The maximum Gasteiger partial charge on any atom is 0.244 e. The first-order valence-corrected chi connectivity index (χ1v) is 7.39. The smallest absolute Gasteiger partial charge is 0.244 e. The third-order valence-electron chi connectivity index (χ3n) is 2.93. The first kappa shape index (κ1) is 16.6. The molecule has 2 rings (SSSR count). The fraction of sp³-hybridized carbons (Fsp3) is 0.111. The van der Waals surface area contributed by atoms with E-state index in [1.54, 1.807) is 42.5 Å². The van der Waals surface area contributed by atoms with Crippen LogP contribution in [0.25, 0.3) is 6.08 Å². The van der Waals surface area contributed by atoms with E-state index >= 15 is 0 Å². The number of nitrogens with one attached hydrogen (secondary N) is 1. The Bertz CT molecular complexity index is 733. The maximum atomic E-state index is 11.7. The van der Waals surface area contributed by atoms with Gasteiger partial charge in [0.15, 0.2) is 0 Å². The molecule has 4 nitrogen and oxygen atoms in total. The van der Waals surface area contributed by atoms with Crippen LogP contribution in [0.1, 0.15) is 11.1 Å². The molecule has 116 valence electrons. The minimum atomic E-state index is -0.200. The zero-order valence-electron chi connectivity index (χ0n) is 12.3. The Labute approximate surface area is 140 Å². The van der Waals surface area contributed by atoms with E-state index in [4.69, 9.17) is 21.6 Å². The van der Waals surface area contributed by atoms with Crippen LogP contribution in [0.15, 0.2) is 54.6 Å². The van der Waals surface area contributed by atoms with Crippen LogP contribution in [0.2, 0.25) is 5.02 Å². The number of benzene rings is 2. The lowest BCUT2D eigenvalue weighted by Crippen LogP contribution is -2.26. The molecule has 0 aliphatic rings. The van der Waals surface area contributed by atoms with Crippen LogP contribution in [0.4, 0.5) is 0 Å². The van der Waals surface area contributed by atoms with E-state index in [-0.39, 0.29) is 5.91 Å². The summed E-state index contributed by atoms with van der Waals surface area (Å²) >= 11 is 5.79. The number of carbonyl (C=O) groups is 1. The number of nitrogens with zero attached hydrogens (tertiary/aromatic N) is 1. The van der Waals surface area contributed by atoms with Crippen molar-refractivity contribution in [2.45, 2.75) is 0 Å². The van der Waals surface area contributed by atoms with Gasteiger partial charge >= 0.3 is 0 Å². The molecule has 23 heavy (non-hydrogen) atoms. The average Bonchev–Trinajstić information content (AvgIpc) is 2.58. The van der Waals surface area contributed by atoms with Gasteiger partial charge in [0, 0.05) is 11.1 Å². The van der Waals surface area contributed by atoms with E-state index in [1.807, 2.05) is 18.2 Å². The SMILES string of the molecule is N#Cc1cccc(OCCNC(=O)C=Cc2ccc(Cl)cc2)c1. The number of carbonyl (C=O) groups excluding carboxylic acids is 1. The molecule has 5 heteroatoms. The minimum Gasteiger partial charge on any atom is -0.492 e. The van der Waals surface area contributed by atoms with E-state index in [0.29, 0.717) is 29.5 Å². The van der Waals surface area contributed by atoms with Crippen LogP contribution in [0.3, 0.4) is 0 Å². The Hall–Kier alpha value is -2.77. The molecule has 0 aromatic heterocycles. The number of hydrogen-bond acceptors (Lipinski definition) is 3. The van der Waals surface area contributed by atoms with Crippen molar-refractivity contribution in [3.05, 3.63) is 70.8 Å². The van der Waals surface area contributed by atoms with Crippen molar-refractivity contribution >= 4 is 23.6 Å². The Morgan fingerprint density at radius 1 is 1.26 bits per heavy atom. The predicted molar refractivity (Wildman–Crippen MR) is 90.1 cm³/mol. The lowest BCUT2D eigenvalue weighted by Gasteiger charge is -2.06. The normalized spacial score (nSPS) is 10.3. The molecule has 0 radical (unpaired) electrons. The Morgan fingerprint density at radius 2 is 2.04 bits per heavy atom. The third-order valence-corrected chi connectivity index (χ3v) is 3.18. The third kappa shape index (κ3) is 5.85. The zero-order chi connectivity index (χ0) is 16.5. The highest BCUT2D eigenvalue weighted by Crippen LogP contribution is 2.12. The summed E-state index contributed by atoms with van der Waals surface area (Å²) in [5.74, 6) is 0.407. The van der Waals surface area contributed by atoms with Gasteiger partial charge < -0.3 is 10.1 Å². The predicted octanol–water partition coefficient (Wildman–Crippen LogP) is 3.42. The molecular formula is C18H15ClN2O2. The quantitative estimate of drug-likeness (QED) is 0.653. The number of ether oxygens (including phenoxy) is 1. The van der Waals surface area contributed by atoms with Crippen LogP contribution in [0.5, 0.6) is 5.75 Å². The zero-order valence-corrected chi connectivity index (χ0v) is 13.1. The van der Waals surface area contributed by atoms with Crippen molar-refractivity contribution in [1.29, 1.82) is 5.26 Å². The molecule has 0 aliphatic carbocycles. The summed E-state index contributed by atoms with van der Waals surface area (Å²) in [6.45, 7) is 0.704. The second-order valence-corrected chi connectivity index (χ2v) is 5.10. The van der Waals surface area contributed by atoms with Crippen LogP contribution < -0.4 is 10.1 Å². The summed E-state index contributed by atoms with van der Waals surface area (Å²) in [5, 5.41) is 12.2. The summed E-state index contributed by atoms with van der Waals surface area (Å²) < 4.78 is 5.47. The molecule has 0 fully saturated rings. The van der Waals surface area contributed by atoms with Crippen LogP contribution in [-0.2, 0) is 4.79 Å². The molecule has 1 N–H and O–H groups in total. The van der Waals surface area contributed by atoms with Gasteiger partial charge in [0.25, 0.3) is 0 Å². The standard InChI is InChI=1S/C18H15ClN2O2/c19-16-7-4-14(5-8-16)6-9-18(22)21-10-11-23-17-3-1-2-15(12-17)13-20/h1-9,12H,10-11H2,(H,21,22). The van der Waals surface area contributed by atoms with Crippen LogP contribution in [0, 0.1) is 11.3 Å². The maximum absolute atomic E-state index is 11.7. The monoisotopic (exact) mass is 326 g/mol. The first-order valence-electron chi connectivity index (χ1n) is 7.02. The van der Waals surface area contributed by atoms with Gasteiger partial charge in [-0.2, -0.15) is 5.26 Å². The van der Waals surface area contributed by atoms with Gasteiger partial charge in [0.05, 0.1) is 18.2 Å². The van der Waals surface area contributed by atoms with Crippen molar-refractivity contribution in [3.63, 3.8) is 0 Å². The van der Waals surface area contributed by atoms with Gasteiger partial charge in [-0.25, -0.2) is 0 Å². The van der Waals surface area contributed by atoms with E-state index in [2.05, 4.69) is 5.32 Å². The molecule has 2 aromatic carbocycles. The lowest BCUT2D eigenvalue weighted by atomic mass is 10.2. The van der Waals surface area contributed by atoms with Crippen molar-refractivity contribution in [2.24, 2.45) is 0 Å². The molecule has 0 aliphatic heterocycles. The fourth-order valence-electron chi connectivity index (χ4n) is 1.80. The Balaban J connectivity index is 1.72. The van der Waals surface area contributed by atoms with Crippen molar-refractivity contribution in [1.82, 2.24) is 5.32 Å². The highest BCUT2D eigenvalue weighted by molar-refractivity contribution is 6.30. The molecule has 0 saturated heterocycles. The van der Waals surface area contributed by atoms with Crippen molar-refractivity contribution < 1.29 is 9.53 Å². The second kappa shape index (κ2) is 8.62. The molecule has 0 unspecified atom stereocenters. The van der Waals surface area contributed by atoms with Crippen molar-refractivity contribution in [2.75, 3.05) is 13.2 Å². The molecule has 0 atom stereocenters. The van der Waals surface area contributed by atoms with Crippen LogP contribution in [-0.4, -0.2) is 19.1 Å². The summed E-state index contributed by atoms with van der Waals surface area (Å²) in [6.07, 6.45) is 3.17. The number of nitriles is 1. The minimum absolute atomic E-state index is 0.200. The van der Waals surface area contributed by atoms with E-state index in [0.717, 1.165) is 5.56 Å². The van der Waals surface area contributed by atoms with E-state index in [9.17, 15) is 4.79 Å². The summed E-state index contributed by atoms with van der Waals surface area (Å²) in [4.78, 5) is 11.7. The summed E-state index contributed by atoms with van der Waals surface area (Å²) in [6, 6.07) is 16.1. The first-order chi connectivity index (χ1) is 11.2. The van der Waals surface area contributed by atoms with E-state index in [1.165, 1.54) is 6.08 Å². The highest BCUT2D eigenvalue weighted by Gasteiger charge is 1.98. The molecule has 0 heterocycles. The molecule has 1 amide bonds. The van der Waals surface area contributed by atoms with Crippen LogP contribution >= 0.6 is 11.6 Å². The Morgan fingerprint density at radius 3 is 2.78 bits per heavy atom. The van der Waals surface area contributed by atoms with Crippen molar-refractivity contribution in [3.8, 4) is 11.8 Å². The largest absolute Gasteiger partial charge is 0.492 e. The van der Waals surface area contributed by atoms with Gasteiger partial charge in [0.1, 0.15) is 12.4 Å². The lowest BCUT2D eigenvalue weighted by molar-refractivity contribution is -0.116. The average molecular weight is 327 g/mol. The van der Waals surface area contributed by atoms with E-state index < -0.39 is 0 Å². The molecule has 0 bridgehead atoms. The summed E-state index contributed by atoms with van der Waals surface area (Å²) in [7, 11) is 0. The highest BCUT2D eigenvalue weighted by atomic mass is 35.5. The Kier molecular flexibility index (Phi) is 6.22. The van der Waals surface area contributed by atoms with Gasteiger partial charge in [0.2, 0.25) is 5.91 Å². The van der Waals surface area contributed by atoms with Gasteiger partial charge in [-0.1, -0.05) is 29.8 Å². The molecule has 0 spiro atoms. The number of hydrogen-bond donors (Lipinski definition) is 1.